The Morgan fingerprint density at radius 2 is 2.25 bits per heavy atom. The largest absolute Gasteiger partial charge is 0.383 e. The van der Waals surface area contributed by atoms with Crippen molar-refractivity contribution in [3.8, 4) is 0 Å². The molecule has 0 radical (unpaired) electrons. The molecular formula is C13H28N2O. The van der Waals surface area contributed by atoms with Gasteiger partial charge in [0, 0.05) is 26.2 Å². The predicted molar refractivity (Wildman–Crippen MR) is 68.9 cm³/mol. The molecule has 0 spiro atoms. The van der Waals surface area contributed by atoms with Gasteiger partial charge in [0.25, 0.3) is 0 Å². The molecule has 0 bridgehead atoms. The Morgan fingerprint density at radius 3 is 3.00 bits per heavy atom. The molecule has 0 amide bonds. The van der Waals surface area contributed by atoms with Crippen molar-refractivity contribution in [2.75, 3.05) is 39.9 Å². The molecule has 1 unspecified atom stereocenters. The van der Waals surface area contributed by atoms with Crippen LogP contribution in [0, 0.1) is 0 Å². The average Bonchev–Trinajstić information content (AvgIpc) is 2.33. The maximum absolute atomic E-state index is 5.05. The number of unbranched alkanes of at least 4 members (excludes halogenated alkanes) is 1. The van der Waals surface area contributed by atoms with E-state index in [9.17, 15) is 0 Å². The quantitative estimate of drug-likeness (QED) is 0.642. The molecule has 3 nitrogen and oxygen atoms in total. The number of nitrogens with one attached hydrogen (secondary N) is 1. The van der Waals surface area contributed by atoms with E-state index >= 15 is 0 Å². The molecule has 1 atom stereocenters. The number of likely N-dealkylation sites (tertiary alicyclic amines) is 1. The third-order valence-corrected chi connectivity index (χ3v) is 3.41. The SMILES string of the molecule is CCCCN1CCCCC1CNCCOC. The zero-order valence-corrected chi connectivity index (χ0v) is 11.0. The van der Waals surface area contributed by atoms with Crippen molar-refractivity contribution in [2.45, 2.75) is 45.1 Å². The lowest BCUT2D eigenvalue weighted by Gasteiger charge is -2.36. The summed E-state index contributed by atoms with van der Waals surface area (Å²) in [5, 5.41) is 3.50. The van der Waals surface area contributed by atoms with Gasteiger partial charge >= 0.3 is 0 Å². The lowest BCUT2D eigenvalue weighted by Crippen LogP contribution is -2.46. The molecule has 1 saturated heterocycles. The van der Waals surface area contributed by atoms with Crippen molar-refractivity contribution < 1.29 is 4.74 Å². The van der Waals surface area contributed by atoms with Gasteiger partial charge in [-0.15, -0.1) is 0 Å². The third kappa shape index (κ3) is 5.28. The van der Waals surface area contributed by atoms with Gasteiger partial charge < -0.3 is 10.1 Å². The molecule has 0 aliphatic carbocycles. The molecule has 1 aliphatic heterocycles. The Bertz CT molecular complexity index is 164. The van der Waals surface area contributed by atoms with E-state index in [1.807, 2.05) is 0 Å². The minimum absolute atomic E-state index is 0.761. The van der Waals surface area contributed by atoms with Crippen LogP contribution in [0.1, 0.15) is 39.0 Å². The first-order chi connectivity index (χ1) is 7.88. The van der Waals surface area contributed by atoms with Crippen molar-refractivity contribution in [1.29, 1.82) is 0 Å². The van der Waals surface area contributed by atoms with Crippen molar-refractivity contribution >= 4 is 0 Å². The second kappa shape index (κ2) is 8.97. The molecule has 3 heteroatoms. The van der Waals surface area contributed by atoms with Gasteiger partial charge in [-0.1, -0.05) is 19.8 Å². The highest BCUT2D eigenvalue weighted by atomic mass is 16.5. The highest BCUT2D eigenvalue weighted by Crippen LogP contribution is 2.16. The predicted octanol–water partition coefficient (Wildman–Crippen LogP) is 1.88. The van der Waals surface area contributed by atoms with Crippen molar-refractivity contribution in [3.05, 3.63) is 0 Å². The van der Waals surface area contributed by atoms with E-state index in [1.165, 1.54) is 45.2 Å². The van der Waals surface area contributed by atoms with Crippen molar-refractivity contribution in [1.82, 2.24) is 10.2 Å². The molecule has 1 N–H and O–H groups in total. The first-order valence-corrected chi connectivity index (χ1v) is 6.82. The number of piperidine rings is 1. The standard InChI is InChI=1S/C13H28N2O/c1-3-4-9-15-10-6-5-7-13(15)12-14-8-11-16-2/h13-14H,3-12H2,1-2H3. The van der Waals surface area contributed by atoms with Gasteiger partial charge in [-0.2, -0.15) is 0 Å². The second-order valence-corrected chi connectivity index (χ2v) is 4.74. The van der Waals surface area contributed by atoms with Gasteiger partial charge in [0.1, 0.15) is 0 Å². The monoisotopic (exact) mass is 228 g/mol. The molecule has 0 aromatic heterocycles. The fourth-order valence-electron chi connectivity index (χ4n) is 2.39. The normalized spacial score (nSPS) is 22.5. The van der Waals surface area contributed by atoms with Crippen LogP contribution in [0.5, 0.6) is 0 Å². The molecule has 1 fully saturated rings. The Kier molecular flexibility index (Phi) is 7.81. The lowest BCUT2D eigenvalue weighted by molar-refractivity contribution is 0.138. The summed E-state index contributed by atoms with van der Waals surface area (Å²) in [6.45, 7) is 7.79. The van der Waals surface area contributed by atoms with Crippen LogP contribution < -0.4 is 5.32 Å². The van der Waals surface area contributed by atoms with Crippen molar-refractivity contribution in [2.24, 2.45) is 0 Å². The summed E-state index contributed by atoms with van der Waals surface area (Å²) in [4.78, 5) is 2.67. The van der Waals surface area contributed by atoms with E-state index in [0.29, 0.717) is 0 Å². The van der Waals surface area contributed by atoms with Gasteiger partial charge in [0.05, 0.1) is 6.61 Å². The zero-order valence-electron chi connectivity index (χ0n) is 11.0. The topological polar surface area (TPSA) is 24.5 Å². The average molecular weight is 228 g/mol. The minimum atomic E-state index is 0.761. The van der Waals surface area contributed by atoms with Gasteiger partial charge in [-0.05, 0) is 32.4 Å². The van der Waals surface area contributed by atoms with Crippen LogP contribution >= 0.6 is 0 Å². The highest BCUT2D eigenvalue weighted by Gasteiger charge is 2.20. The Balaban J connectivity index is 2.18. The Hall–Kier alpha value is -0.120. The third-order valence-electron chi connectivity index (χ3n) is 3.41. The second-order valence-electron chi connectivity index (χ2n) is 4.74. The molecule has 16 heavy (non-hydrogen) atoms. The molecule has 1 rings (SSSR count). The molecule has 96 valence electrons. The molecule has 1 heterocycles. The van der Waals surface area contributed by atoms with E-state index in [4.69, 9.17) is 4.74 Å². The fraction of sp³-hybridized carbons (Fsp3) is 1.00. The fourth-order valence-corrected chi connectivity index (χ4v) is 2.39. The highest BCUT2D eigenvalue weighted by molar-refractivity contribution is 4.78. The number of hydrogen-bond acceptors (Lipinski definition) is 3. The number of ether oxygens (including phenoxy) is 1. The summed E-state index contributed by atoms with van der Waals surface area (Å²) in [6, 6.07) is 0.761. The van der Waals surface area contributed by atoms with Gasteiger partial charge in [-0.3, -0.25) is 4.90 Å². The summed E-state index contributed by atoms with van der Waals surface area (Å²) < 4.78 is 5.05. The van der Waals surface area contributed by atoms with E-state index < -0.39 is 0 Å². The number of methoxy groups -OCH3 is 1. The first-order valence-electron chi connectivity index (χ1n) is 6.82. The van der Waals surface area contributed by atoms with E-state index in [-0.39, 0.29) is 0 Å². The van der Waals surface area contributed by atoms with E-state index in [2.05, 4.69) is 17.1 Å². The Morgan fingerprint density at radius 1 is 1.38 bits per heavy atom. The molecule has 0 aromatic rings. The number of hydrogen-bond donors (Lipinski definition) is 1. The molecule has 0 saturated carbocycles. The minimum Gasteiger partial charge on any atom is -0.383 e. The molecule has 1 aliphatic rings. The number of rotatable bonds is 8. The maximum Gasteiger partial charge on any atom is 0.0587 e. The molecular weight excluding hydrogens is 200 g/mol. The van der Waals surface area contributed by atoms with Crippen LogP contribution in [0.2, 0.25) is 0 Å². The lowest BCUT2D eigenvalue weighted by atomic mass is 10.0. The zero-order chi connectivity index (χ0) is 11.6. The van der Waals surface area contributed by atoms with E-state index in [0.717, 1.165) is 25.7 Å². The summed E-state index contributed by atoms with van der Waals surface area (Å²) in [7, 11) is 1.76. The van der Waals surface area contributed by atoms with E-state index in [1.54, 1.807) is 7.11 Å². The summed E-state index contributed by atoms with van der Waals surface area (Å²) in [5.74, 6) is 0. The summed E-state index contributed by atoms with van der Waals surface area (Å²) in [6.07, 6.45) is 6.80. The van der Waals surface area contributed by atoms with Crippen LogP contribution in [-0.2, 0) is 4.74 Å². The summed E-state index contributed by atoms with van der Waals surface area (Å²) in [5.41, 5.74) is 0. The summed E-state index contributed by atoms with van der Waals surface area (Å²) >= 11 is 0. The van der Waals surface area contributed by atoms with Crippen LogP contribution in [0.25, 0.3) is 0 Å². The maximum atomic E-state index is 5.05. The van der Waals surface area contributed by atoms with Gasteiger partial charge in [-0.25, -0.2) is 0 Å². The van der Waals surface area contributed by atoms with Crippen molar-refractivity contribution in [3.63, 3.8) is 0 Å². The smallest absolute Gasteiger partial charge is 0.0587 e. The molecule has 0 aromatic carbocycles. The van der Waals surface area contributed by atoms with Crippen LogP contribution in [0.4, 0.5) is 0 Å². The van der Waals surface area contributed by atoms with Crippen LogP contribution in [0.3, 0.4) is 0 Å². The van der Waals surface area contributed by atoms with Crippen LogP contribution in [0.15, 0.2) is 0 Å². The Labute approximate surface area is 101 Å². The first kappa shape index (κ1) is 13.9. The van der Waals surface area contributed by atoms with Crippen LogP contribution in [-0.4, -0.2) is 50.8 Å². The number of nitrogens with zero attached hydrogens (tertiary/aromatic N) is 1. The van der Waals surface area contributed by atoms with Gasteiger partial charge in [0.15, 0.2) is 0 Å². The van der Waals surface area contributed by atoms with Gasteiger partial charge in [0.2, 0.25) is 0 Å².